The Balaban J connectivity index is 1.84. The molecule has 3 rings (SSSR count). The van der Waals surface area contributed by atoms with E-state index < -0.39 is 10.0 Å². The molecule has 0 aromatic heterocycles. The van der Waals surface area contributed by atoms with Crippen LogP contribution >= 0.6 is 0 Å². The van der Waals surface area contributed by atoms with E-state index in [0.717, 1.165) is 25.9 Å². The van der Waals surface area contributed by atoms with E-state index in [1.807, 2.05) is 11.8 Å². The smallest absolute Gasteiger partial charge is 0.286 e. The van der Waals surface area contributed by atoms with Gasteiger partial charge in [0.1, 0.15) is 10.7 Å². The van der Waals surface area contributed by atoms with Gasteiger partial charge in [0.15, 0.2) is 0 Å². The number of benzene rings is 1. The van der Waals surface area contributed by atoms with E-state index >= 15 is 0 Å². The van der Waals surface area contributed by atoms with Gasteiger partial charge in [0.25, 0.3) is 15.9 Å². The molecule has 0 spiro atoms. The SMILES string of the molecule is CCCN1C(C)=NS(=O)(=O)c2cc(C(=O)NC[C@H]3CCCO3)ccc21. The zero-order valence-corrected chi connectivity index (χ0v) is 15.3. The topological polar surface area (TPSA) is 88.1 Å². The quantitative estimate of drug-likeness (QED) is 0.861. The van der Waals surface area contributed by atoms with Crippen molar-refractivity contribution >= 4 is 27.5 Å². The number of hydrogen-bond acceptors (Lipinski definition) is 5. The molecule has 136 valence electrons. The molecule has 0 radical (unpaired) electrons. The first kappa shape index (κ1) is 17.9. The minimum absolute atomic E-state index is 0.0394. The Bertz CT molecular complexity index is 798. The van der Waals surface area contributed by atoms with Gasteiger partial charge in [0, 0.05) is 25.3 Å². The first-order valence-electron chi connectivity index (χ1n) is 8.55. The average Bonchev–Trinajstić information content (AvgIpc) is 3.09. The van der Waals surface area contributed by atoms with E-state index in [-0.39, 0.29) is 16.9 Å². The van der Waals surface area contributed by atoms with Crippen LogP contribution in [0.15, 0.2) is 27.5 Å². The monoisotopic (exact) mass is 365 g/mol. The second kappa shape index (κ2) is 7.13. The van der Waals surface area contributed by atoms with Gasteiger partial charge in [-0.3, -0.25) is 4.79 Å². The Morgan fingerprint density at radius 1 is 1.44 bits per heavy atom. The van der Waals surface area contributed by atoms with Crippen molar-refractivity contribution in [3.05, 3.63) is 23.8 Å². The highest BCUT2D eigenvalue weighted by molar-refractivity contribution is 7.90. The fourth-order valence-corrected chi connectivity index (χ4v) is 4.41. The summed E-state index contributed by atoms with van der Waals surface area (Å²) in [5, 5.41) is 2.81. The van der Waals surface area contributed by atoms with Gasteiger partial charge in [-0.05, 0) is 44.4 Å². The maximum absolute atomic E-state index is 12.4. The number of nitrogens with one attached hydrogen (secondary N) is 1. The average molecular weight is 365 g/mol. The molecule has 0 saturated carbocycles. The molecule has 1 fully saturated rings. The number of nitrogens with zero attached hydrogens (tertiary/aromatic N) is 2. The van der Waals surface area contributed by atoms with Crippen molar-refractivity contribution in [1.82, 2.24) is 5.32 Å². The molecule has 1 aromatic carbocycles. The molecule has 0 bridgehead atoms. The Kier molecular flexibility index (Phi) is 5.10. The lowest BCUT2D eigenvalue weighted by Gasteiger charge is -2.29. The number of fused-ring (bicyclic) bond motifs is 1. The lowest BCUT2D eigenvalue weighted by molar-refractivity contribution is 0.0857. The number of anilines is 1. The summed E-state index contributed by atoms with van der Waals surface area (Å²) in [5.41, 5.74) is 0.886. The number of carbonyl (C=O) groups is 1. The van der Waals surface area contributed by atoms with Crippen molar-refractivity contribution in [2.45, 2.75) is 44.1 Å². The summed E-state index contributed by atoms with van der Waals surface area (Å²) in [7, 11) is -3.79. The van der Waals surface area contributed by atoms with Crippen LogP contribution in [-0.2, 0) is 14.8 Å². The minimum atomic E-state index is -3.79. The first-order chi connectivity index (χ1) is 11.9. The molecule has 1 atom stereocenters. The highest BCUT2D eigenvalue weighted by Crippen LogP contribution is 2.32. The van der Waals surface area contributed by atoms with E-state index in [0.29, 0.717) is 30.2 Å². The van der Waals surface area contributed by atoms with E-state index in [1.54, 1.807) is 19.1 Å². The van der Waals surface area contributed by atoms with Gasteiger partial charge in [-0.2, -0.15) is 8.42 Å². The number of hydrogen-bond donors (Lipinski definition) is 1. The van der Waals surface area contributed by atoms with Crippen LogP contribution in [0.3, 0.4) is 0 Å². The van der Waals surface area contributed by atoms with Gasteiger partial charge in [-0.15, -0.1) is 4.40 Å². The lowest BCUT2D eigenvalue weighted by atomic mass is 10.1. The molecule has 8 heteroatoms. The van der Waals surface area contributed by atoms with Crippen molar-refractivity contribution in [3.8, 4) is 0 Å². The van der Waals surface area contributed by atoms with E-state index in [1.165, 1.54) is 6.07 Å². The highest BCUT2D eigenvalue weighted by Gasteiger charge is 2.29. The Labute approximate surface area is 148 Å². The van der Waals surface area contributed by atoms with Crippen molar-refractivity contribution in [1.29, 1.82) is 0 Å². The van der Waals surface area contributed by atoms with E-state index in [2.05, 4.69) is 9.71 Å². The maximum atomic E-state index is 12.4. The predicted molar refractivity (Wildman–Crippen MR) is 95.7 cm³/mol. The second-order valence-corrected chi connectivity index (χ2v) is 7.87. The van der Waals surface area contributed by atoms with Crippen LogP contribution in [0, 0.1) is 0 Å². The van der Waals surface area contributed by atoms with Crippen LogP contribution in [0.4, 0.5) is 5.69 Å². The van der Waals surface area contributed by atoms with E-state index in [9.17, 15) is 13.2 Å². The molecule has 25 heavy (non-hydrogen) atoms. The summed E-state index contributed by atoms with van der Waals surface area (Å²) in [6, 6.07) is 4.75. The zero-order valence-electron chi connectivity index (χ0n) is 14.5. The fraction of sp³-hybridized carbons (Fsp3) is 0.529. The standard InChI is InChI=1S/C17H23N3O4S/c1-3-8-20-12(2)19-25(22,23)16-10-13(6-7-15(16)20)17(21)18-11-14-5-4-9-24-14/h6-7,10,14H,3-5,8-9,11H2,1-2H3,(H,18,21)/t14-/m1/s1. The zero-order chi connectivity index (χ0) is 18.0. The van der Waals surface area contributed by atoms with Gasteiger partial charge in [-0.1, -0.05) is 6.92 Å². The molecule has 1 amide bonds. The van der Waals surface area contributed by atoms with Crippen molar-refractivity contribution in [2.24, 2.45) is 4.40 Å². The number of sulfonamides is 1. The predicted octanol–water partition coefficient (Wildman–Crippen LogP) is 1.93. The van der Waals surface area contributed by atoms with Crippen LogP contribution in [0.25, 0.3) is 0 Å². The maximum Gasteiger partial charge on any atom is 0.286 e. The van der Waals surface area contributed by atoms with Crippen LogP contribution in [0.5, 0.6) is 0 Å². The minimum Gasteiger partial charge on any atom is -0.376 e. The number of rotatable bonds is 5. The molecule has 2 aliphatic rings. The summed E-state index contributed by atoms with van der Waals surface area (Å²) in [5.74, 6) is 0.145. The molecular weight excluding hydrogens is 342 g/mol. The Morgan fingerprint density at radius 3 is 2.92 bits per heavy atom. The number of amidine groups is 1. The molecule has 0 unspecified atom stereocenters. The second-order valence-electron chi connectivity index (χ2n) is 6.29. The lowest BCUT2D eigenvalue weighted by Crippen LogP contribution is -2.35. The van der Waals surface area contributed by atoms with Gasteiger partial charge in [0.05, 0.1) is 11.8 Å². The largest absolute Gasteiger partial charge is 0.376 e. The molecule has 2 heterocycles. The molecule has 7 nitrogen and oxygen atoms in total. The van der Waals surface area contributed by atoms with Crippen LogP contribution in [0.1, 0.15) is 43.5 Å². The summed E-state index contributed by atoms with van der Waals surface area (Å²) in [4.78, 5) is 14.3. The summed E-state index contributed by atoms with van der Waals surface area (Å²) >= 11 is 0. The Morgan fingerprint density at radius 2 is 2.24 bits per heavy atom. The molecule has 0 aliphatic carbocycles. The number of amides is 1. The fourth-order valence-electron chi connectivity index (χ4n) is 3.15. The number of carbonyl (C=O) groups excluding carboxylic acids is 1. The molecule has 2 aliphatic heterocycles. The summed E-state index contributed by atoms with van der Waals surface area (Å²) < 4.78 is 34.1. The highest BCUT2D eigenvalue weighted by atomic mass is 32.2. The number of ether oxygens (including phenoxy) is 1. The Hall–Kier alpha value is -1.93. The van der Waals surface area contributed by atoms with Gasteiger partial charge in [-0.25, -0.2) is 0 Å². The normalized spacial score (nSPS) is 21.6. The van der Waals surface area contributed by atoms with Crippen LogP contribution < -0.4 is 10.2 Å². The van der Waals surface area contributed by atoms with E-state index in [4.69, 9.17) is 4.74 Å². The molecule has 1 aromatic rings. The van der Waals surface area contributed by atoms with Crippen molar-refractivity contribution in [2.75, 3.05) is 24.6 Å². The summed E-state index contributed by atoms with van der Waals surface area (Å²) in [6.45, 7) is 5.52. The van der Waals surface area contributed by atoms with Gasteiger partial charge < -0.3 is 15.0 Å². The third kappa shape index (κ3) is 3.69. The van der Waals surface area contributed by atoms with Crippen molar-refractivity contribution in [3.63, 3.8) is 0 Å². The third-order valence-corrected chi connectivity index (χ3v) is 5.78. The van der Waals surface area contributed by atoms with Gasteiger partial charge in [0.2, 0.25) is 0 Å². The molecule has 1 saturated heterocycles. The first-order valence-corrected chi connectivity index (χ1v) is 9.99. The third-order valence-electron chi connectivity index (χ3n) is 4.40. The van der Waals surface area contributed by atoms with Crippen LogP contribution in [-0.4, -0.2) is 46.0 Å². The molecule has 1 N–H and O–H groups in total. The van der Waals surface area contributed by atoms with Crippen molar-refractivity contribution < 1.29 is 17.9 Å². The van der Waals surface area contributed by atoms with Gasteiger partial charge >= 0.3 is 0 Å². The summed E-state index contributed by atoms with van der Waals surface area (Å²) in [6.07, 6.45) is 2.83. The van der Waals surface area contributed by atoms with Crippen LogP contribution in [0.2, 0.25) is 0 Å². The molecular formula is C17H23N3O4S.